The molecular weight excluding hydrogens is 580 g/mol. The van der Waals surface area contributed by atoms with E-state index in [0.717, 1.165) is 16.7 Å². The van der Waals surface area contributed by atoms with Crippen LogP contribution in [0.1, 0.15) is 36.0 Å². The molecule has 46 heavy (non-hydrogen) atoms. The number of hydrogen-bond donors (Lipinski definition) is 2. The summed E-state index contributed by atoms with van der Waals surface area (Å²) in [4.78, 5) is 41.7. The van der Waals surface area contributed by atoms with E-state index in [-0.39, 0.29) is 57.0 Å². The maximum absolute atomic E-state index is 13.6. The highest BCUT2D eigenvalue weighted by molar-refractivity contribution is 5.86. The van der Waals surface area contributed by atoms with Crippen LogP contribution in [0.25, 0.3) is 0 Å². The van der Waals surface area contributed by atoms with E-state index in [1.54, 1.807) is 17.1 Å². The summed E-state index contributed by atoms with van der Waals surface area (Å²) in [6.45, 7) is 8.18. The van der Waals surface area contributed by atoms with Crippen LogP contribution in [0.5, 0.6) is 0 Å². The highest BCUT2D eigenvalue weighted by Gasteiger charge is 2.27. The maximum Gasteiger partial charge on any atom is 0.309 e. The number of benzene rings is 3. The fraction of sp³-hybridized carbons (Fsp3) is 0.342. The Labute approximate surface area is 272 Å². The largest absolute Gasteiger partial charge is 0.463 e. The van der Waals surface area contributed by atoms with Gasteiger partial charge in [0.15, 0.2) is 0 Å². The van der Waals surface area contributed by atoms with E-state index in [4.69, 9.17) is 9.47 Å². The van der Waals surface area contributed by atoms with Crippen molar-refractivity contribution in [2.45, 2.75) is 44.9 Å². The molecule has 8 nitrogen and oxygen atoms in total. The van der Waals surface area contributed by atoms with Gasteiger partial charge in [0, 0.05) is 19.5 Å². The van der Waals surface area contributed by atoms with Crippen molar-refractivity contribution in [2.75, 3.05) is 26.4 Å². The first kappa shape index (κ1) is 35.9. The highest BCUT2D eigenvalue weighted by Crippen LogP contribution is 2.17. The normalized spacial score (nSPS) is 12.7. The number of nitrogens with one attached hydrogen (secondary N) is 1. The van der Waals surface area contributed by atoms with Gasteiger partial charge in [-0.25, -0.2) is 0 Å². The number of hydrogen-bond acceptors (Lipinski definition) is 6. The number of rotatable bonds is 21. The van der Waals surface area contributed by atoms with E-state index < -0.39 is 17.9 Å². The van der Waals surface area contributed by atoms with Gasteiger partial charge < -0.3 is 24.8 Å². The van der Waals surface area contributed by atoms with Crippen molar-refractivity contribution in [1.82, 2.24) is 10.2 Å². The van der Waals surface area contributed by atoms with Gasteiger partial charge in [-0.15, -0.1) is 13.2 Å². The Bertz CT molecular complexity index is 1350. The zero-order valence-electron chi connectivity index (χ0n) is 26.5. The number of esters is 1. The Kier molecular flexibility index (Phi) is 16.0. The number of allylic oxidation sites excluding steroid dienone is 2. The van der Waals surface area contributed by atoms with E-state index in [1.165, 1.54) is 0 Å². The zero-order chi connectivity index (χ0) is 33.0. The number of carbonyl (C=O) groups is 3. The molecular formula is C38H46N2O6. The first-order valence-electron chi connectivity index (χ1n) is 15.7. The van der Waals surface area contributed by atoms with Crippen LogP contribution in [0.4, 0.5) is 0 Å². The van der Waals surface area contributed by atoms with Gasteiger partial charge in [-0.1, -0.05) is 103 Å². The minimum atomic E-state index is -0.708. The third-order valence-electron chi connectivity index (χ3n) is 7.50. The van der Waals surface area contributed by atoms with E-state index in [0.29, 0.717) is 26.0 Å². The fourth-order valence-electron chi connectivity index (χ4n) is 5.05. The van der Waals surface area contributed by atoms with Crippen LogP contribution in [0.15, 0.2) is 116 Å². The second-order valence-electron chi connectivity index (χ2n) is 11.2. The molecule has 3 rings (SSSR count). The van der Waals surface area contributed by atoms with Crippen LogP contribution < -0.4 is 5.32 Å². The van der Waals surface area contributed by atoms with E-state index in [9.17, 15) is 19.5 Å². The summed E-state index contributed by atoms with van der Waals surface area (Å²) < 4.78 is 11.7. The number of aliphatic hydroxyl groups excluding tert-OH is 1. The van der Waals surface area contributed by atoms with E-state index in [2.05, 4.69) is 18.5 Å². The number of ether oxygens (including phenoxy) is 2. The van der Waals surface area contributed by atoms with Crippen LogP contribution in [0.2, 0.25) is 0 Å². The molecule has 0 saturated heterocycles. The summed E-state index contributed by atoms with van der Waals surface area (Å²) >= 11 is 0. The topological polar surface area (TPSA) is 105 Å². The van der Waals surface area contributed by atoms with Crippen molar-refractivity contribution < 1.29 is 29.0 Å². The third-order valence-corrected chi connectivity index (χ3v) is 7.50. The van der Waals surface area contributed by atoms with Gasteiger partial charge in [-0.2, -0.15) is 0 Å². The average Bonchev–Trinajstić information content (AvgIpc) is 3.07. The van der Waals surface area contributed by atoms with Gasteiger partial charge in [0.1, 0.15) is 6.61 Å². The lowest BCUT2D eigenvalue weighted by molar-refractivity contribution is -0.150. The van der Waals surface area contributed by atoms with Crippen molar-refractivity contribution in [1.29, 1.82) is 0 Å². The molecule has 0 unspecified atom stereocenters. The molecule has 0 saturated carbocycles. The molecule has 3 aromatic rings. The Morgan fingerprint density at radius 3 is 1.93 bits per heavy atom. The first-order chi connectivity index (χ1) is 22.4. The van der Waals surface area contributed by atoms with Crippen LogP contribution in [-0.4, -0.2) is 60.2 Å². The molecule has 0 aliphatic carbocycles. The number of aliphatic hydroxyl groups is 1. The third kappa shape index (κ3) is 12.8. The molecule has 0 spiro atoms. The van der Waals surface area contributed by atoms with Gasteiger partial charge in [0.25, 0.3) is 0 Å². The van der Waals surface area contributed by atoms with Crippen molar-refractivity contribution in [3.05, 3.63) is 133 Å². The summed E-state index contributed by atoms with van der Waals surface area (Å²) in [6.07, 6.45) is 4.46. The van der Waals surface area contributed by atoms with Crippen molar-refractivity contribution in [3.8, 4) is 0 Å². The molecule has 2 amide bonds. The van der Waals surface area contributed by atoms with Gasteiger partial charge in [-0.3, -0.25) is 14.4 Å². The predicted octanol–water partition coefficient (Wildman–Crippen LogP) is 5.27. The van der Waals surface area contributed by atoms with Crippen molar-refractivity contribution in [2.24, 2.45) is 11.8 Å². The minimum absolute atomic E-state index is 0.0689. The lowest BCUT2D eigenvalue weighted by atomic mass is 9.96. The van der Waals surface area contributed by atoms with Gasteiger partial charge in [-0.05, 0) is 36.0 Å². The zero-order valence-corrected chi connectivity index (χ0v) is 26.5. The van der Waals surface area contributed by atoms with Gasteiger partial charge in [0.2, 0.25) is 11.8 Å². The molecule has 0 bridgehead atoms. The van der Waals surface area contributed by atoms with Gasteiger partial charge in [0.05, 0.1) is 37.7 Å². The number of nitrogens with zero attached hydrogens (tertiary/aromatic N) is 1. The fourth-order valence-corrected chi connectivity index (χ4v) is 5.05. The molecule has 0 aliphatic rings. The summed E-state index contributed by atoms with van der Waals surface area (Å²) in [5.41, 5.74) is 2.91. The predicted molar refractivity (Wildman–Crippen MR) is 179 cm³/mol. The summed E-state index contributed by atoms with van der Waals surface area (Å²) in [5, 5.41) is 12.6. The number of amides is 2. The van der Waals surface area contributed by atoms with Crippen LogP contribution in [0, 0.1) is 11.8 Å². The Hall–Kier alpha value is -4.53. The maximum atomic E-state index is 13.6. The molecule has 3 aromatic carbocycles. The lowest BCUT2D eigenvalue weighted by Crippen LogP contribution is -2.46. The minimum Gasteiger partial charge on any atom is -0.463 e. The molecule has 0 radical (unpaired) electrons. The summed E-state index contributed by atoms with van der Waals surface area (Å²) in [6, 6.07) is 28.2. The van der Waals surface area contributed by atoms with Crippen LogP contribution in [-0.2, 0) is 43.4 Å². The molecule has 244 valence electrons. The standard InChI is InChI=1S/C38H46N2O6/c1-3-14-33(25-36(42)40(22-23-41)26-31-18-10-6-11-19-31)37(43)39-35(28-45-27-32-20-12-7-13-21-32)29-46-38(44)34(15-4-2)24-30-16-8-5-9-17-30/h3-13,16-21,33-35,41H,1-2,14-15,22-29H2,(H,39,43)/t33-,34+,35+/m1/s1. The van der Waals surface area contributed by atoms with Crippen LogP contribution in [0.3, 0.4) is 0 Å². The molecule has 0 fully saturated rings. The summed E-state index contributed by atoms with van der Waals surface area (Å²) in [5.74, 6) is -2.13. The van der Waals surface area contributed by atoms with Crippen molar-refractivity contribution >= 4 is 17.8 Å². The van der Waals surface area contributed by atoms with E-state index in [1.807, 2.05) is 91.0 Å². The SMILES string of the molecule is C=CC[C@H](CC(=O)N(CCO)Cc1ccccc1)C(=O)N[C@@H](COCc1ccccc1)COC(=O)[C@@H](CC=C)Cc1ccccc1. The molecule has 2 N–H and O–H groups in total. The second kappa shape index (κ2) is 20.5. The first-order valence-corrected chi connectivity index (χ1v) is 15.7. The quantitative estimate of drug-likeness (QED) is 0.123. The Balaban J connectivity index is 1.68. The Morgan fingerprint density at radius 2 is 1.35 bits per heavy atom. The molecule has 0 aromatic heterocycles. The summed E-state index contributed by atoms with van der Waals surface area (Å²) in [7, 11) is 0. The van der Waals surface area contributed by atoms with Crippen LogP contribution >= 0.6 is 0 Å². The average molecular weight is 627 g/mol. The number of carbonyl (C=O) groups excluding carboxylic acids is 3. The highest BCUT2D eigenvalue weighted by atomic mass is 16.5. The van der Waals surface area contributed by atoms with Crippen molar-refractivity contribution in [3.63, 3.8) is 0 Å². The molecule has 3 atom stereocenters. The Morgan fingerprint density at radius 1 is 0.783 bits per heavy atom. The lowest BCUT2D eigenvalue weighted by Gasteiger charge is -2.26. The second-order valence-corrected chi connectivity index (χ2v) is 11.2. The smallest absolute Gasteiger partial charge is 0.309 e. The molecule has 8 heteroatoms. The van der Waals surface area contributed by atoms with Gasteiger partial charge >= 0.3 is 5.97 Å². The molecule has 0 aliphatic heterocycles. The molecule has 0 heterocycles. The van der Waals surface area contributed by atoms with E-state index >= 15 is 0 Å². The monoisotopic (exact) mass is 626 g/mol.